The van der Waals surface area contributed by atoms with Gasteiger partial charge in [0.15, 0.2) is 5.13 Å². The second-order valence-electron chi connectivity index (χ2n) is 9.20. The van der Waals surface area contributed by atoms with Gasteiger partial charge in [0.2, 0.25) is 0 Å². The lowest BCUT2D eigenvalue weighted by Gasteiger charge is -2.23. The molecule has 5 rings (SSSR count). The number of benzene rings is 2. The number of fused-ring (bicyclic) bond motifs is 1. The Morgan fingerprint density at radius 1 is 1.28 bits per heavy atom. The predicted octanol–water partition coefficient (Wildman–Crippen LogP) is 4.75. The fraction of sp³-hybridized carbons (Fsp3) is 0.241. The van der Waals surface area contributed by atoms with Crippen LogP contribution in [-0.2, 0) is 20.7 Å². The summed E-state index contributed by atoms with van der Waals surface area (Å²) >= 11 is 0.940. The van der Waals surface area contributed by atoms with Gasteiger partial charge in [0.1, 0.15) is 34.8 Å². The number of hydrogen-bond acceptors (Lipinski definition) is 9. The lowest BCUT2D eigenvalue weighted by Crippen LogP contribution is -2.29. The van der Waals surface area contributed by atoms with Crippen molar-refractivity contribution in [2.45, 2.75) is 32.4 Å². The van der Waals surface area contributed by atoms with Crippen LogP contribution in [0.15, 0.2) is 60.7 Å². The smallest absolute Gasteiger partial charge is 0.350 e. The van der Waals surface area contributed by atoms with Crippen molar-refractivity contribution in [2.24, 2.45) is 0 Å². The number of thiazole rings is 1. The molecule has 3 heterocycles. The van der Waals surface area contributed by atoms with Crippen LogP contribution >= 0.6 is 11.3 Å². The molecule has 0 aliphatic carbocycles. The summed E-state index contributed by atoms with van der Waals surface area (Å²) in [6.45, 7) is 7.49. The standard InChI is InChI=1S/C29H26N2O7S/c1-5-11-37-20-8-6-7-17(14-20)23-22(24(32)18-9-10-21-19(13-18)12-15(2)38-21)25(33)27(34)31(23)29-30-16(3)26(39-29)28(35)36-4/h5-10,13-15,23,32H,1,11-12H2,2-4H3/b24-22+/t15-,23+/m0/s1. The van der Waals surface area contributed by atoms with E-state index in [2.05, 4.69) is 11.6 Å². The van der Waals surface area contributed by atoms with Crippen LogP contribution in [0.5, 0.6) is 11.5 Å². The Labute approximate surface area is 229 Å². The molecule has 39 heavy (non-hydrogen) atoms. The Balaban J connectivity index is 1.68. The molecule has 0 spiro atoms. The van der Waals surface area contributed by atoms with E-state index in [-0.39, 0.29) is 34.1 Å². The van der Waals surface area contributed by atoms with Gasteiger partial charge in [0.05, 0.1) is 24.4 Å². The lowest BCUT2D eigenvalue weighted by molar-refractivity contribution is -0.132. The molecule has 1 saturated heterocycles. The van der Waals surface area contributed by atoms with Gasteiger partial charge in [-0.2, -0.15) is 0 Å². The van der Waals surface area contributed by atoms with E-state index >= 15 is 0 Å². The average molecular weight is 547 g/mol. The first kappa shape index (κ1) is 26.2. The van der Waals surface area contributed by atoms with Crippen molar-refractivity contribution in [1.82, 2.24) is 4.98 Å². The molecule has 1 fully saturated rings. The number of Topliss-reactive ketones (excluding diaryl/α,β-unsaturated/α-hetero) is 1. The zero-order valence-corrected chi connectivity index (χ0v) is 22.4. The maximum atomic E-state index is 13.5. The molecule has 0 saturated carbocycles. The fourth-order valence-corrected chi connectivity index (χ4v) is 5.78. The predicted molar refractivity (Wildman–Crippen MR) is 145 cm³/mol. The molecule has 10 heteroatoms. The van der Waals surface area contributed by atoms with E-state index < -0.39 is 23.7 Å². The SMILES string of the molecule is C=CCOc1cccc([C@@H]2/C(=C(\O)c3ccc4c(c3)C[C@H](C)O4)C(=O)C(=O)N2c2nc(C)c(C(=O)OC)s2)c1. The van der Waals surface area contributed by atoms with E-state index in [9.17, 15) is 19.5 Å². The van der Waals surface area contributed by atoms with Gasteiger partial charge in [-0.1, -0.05) is 36.1 Å². The topological polar surface area (TPSA) is 115 Å². The quantitative estimate of drug-likeness (QED) is 0.148. The number of methoxy groups -OCH3 is 1. The molecule has 2 aromatic carbocycles. The van der Waals surface area contributed by atoms with E-state index in [0.29, 0.717) is 29.0 Å². The summed E-state index contributed by atoms with van der Waals surface area (Å²) in [5.41, 5.74) is 2.07. The highest BCUT2D eigenvalue weighted by Crippen LogP contribution is 2.45. The van der Waals surface area contributed by atoms with Gasteiger partial charge in [-0.05, 0) is 55.3 Å². The molecular formula is C29H26N2O7S. The molecule has 2 aliphatic heterocycles. The van der Waals surface area contributed by atoms with Gasteiger partial charge in [-0.15, -0.1) is 0 Å². The number of amides is 1. The third-order valence-electron chi connectivity index (χ3n) is 6.52. The van der Waals surface area contributed by atoms with Gasteiger partial charge < -0.3 is 19.3 Å². The number of aliphatic hydroxyl groups is 1. The number of hydrogen-bond donors (Lipinski definition) is 1. The summed E-state index contributed by atoms with van der Waals surface area (Å²) in [7, 11) is 1.25. The number of rotatable bonds is 7. The van der Waals surface area contributed by atoms with E-state index in [0.717, 1.165) is 22.6 Å². The number of esters is 1. The molecule has 3 aromatic rings. The third-order valence-corrected chi connectivity index (χ3v) is 7.65. The highest BCUT2D eigenvalue weighted by molar-refractivity contribution is 7.17. The van der Waals surface area contributed by atoms with Crippen LogP contribution in [-0.4, -0.2) is 47.6 Å². The number of ketones is 1. The van der Waals surface area contributed by atoms with Gasteiger partial charge in [0, 0.05) is 12.0 Å². The van der Waals surface area contributed by atoms with Crippen LogP contribution in [0.25, 0.3) is 5.76 Å². The highest BCUT2D eigenvalue weighted by atomic mass is 32.1. The summed E-state index contributed by atoms with van der Waals surface area (Å²) in [5.74, 6) is -1.44. The molecule has 9 nitrogen and oxygen atoms in total. The second kappa shape index (κ2) is 10.4. The lowest BCUT2D eigenvalue weighted by atomic mass is 9.94. The molecule has 2 aliphatic rings. The number of aryl methyl sites for hydroxylation is 1. The van der Waals surface area contributed by atoms with Crippen molar-refractivity contribution in [3.05, 3.63) is 88.0 Å². The van der Waals surface area contributed by atoms with Crippen LogP contribution in [0.1, 0.15) is 45.0 Å². The van der Waals surface area contributed by atoms with Crippen molar-refractivity contribution >= 4 is 39.9 Å². The molecule has 1 aromatic heterocycles. The van der Waals surface area contributed by atoms with Crippen LogP contribution in [0.4, 0.5) is 5.13 Å². The van der Waals surface area contributed by atoms with Gasteiger partial charge in [-0.3, -0.25) is 14.5 Å². The van der Waals surface area contributed by atoms with E-state index in [1.54, 1.807) is 55.5 Å². The fourth-order valence-electron chi connectivity index (χ4n) is 4.77. The molecule has 1 amide bonds. The third kappa shape index (κ3) is 4.67. The number of carbonyl (C=O) groups excluding carboxylic acids is 3. The van der Waals surface area contributed by atoms with Gasteiger partial charge in [-0.25, -0.2) is 9.78 Å². The zero-order chi connectivity index (χ0) is 27.8. The largest absolute Gasteiger partial charge is 0.507 e. The highest BCUT2D eigenvalue weighted by Gasteiger charge is 2.48. The first-order chi connectivity index (χ1) is 18.7. The molecule has 200 valence electrons. The van der Waals surface area contributed by atoms with Crippen LogP contribution in [0.2, 0.25) is 0 Å². The summed E-state index contributed by atoms with van der Waals surface area (Å²) in [6, 6.07) is 11.0. The Morgan fingerprint density at radius 2 is 2.08 bits per heavy atom. The minimum Gasteiger partial charge on any atom is -0.507 e. The molecule has 0 radical (unpaired) electrons. The van der Waals surface area contributed by atoms with Gasteiger partial charge >= 0.3 is 11.9 Å². The molecule has 0 unspecified atom stereocenters. The van der Waals surface area contributed by atoms with Crippen molar-refractivity contribution in [1.29, 1.82) is 0 Å². The average Bonchev–Trinajstić information content (AvgIpc) is 3.58. The number of aliphatic hydroxyl groups excluding tert-OH is 1. The molecule has 2 atom stereocenters. The van der Waals surface area contributed by atoms with Crippen LogP contribution in [0.3, 0.4) is 0 Å². The number of anilines is 1. The maximum absolute atomic E-state index is 13.5. The maximum Gasteiger partial charge on any atom is 0.350 e. The summed E-state index contributed by atoms with van der Waals surface area (Å²) in [4.78, 5) is 45.1. The summed E-state index contributed by atoms with van der Waals surface area (Å²) in [5, 5.41) is 11.6. The van der Waals surface area contributed by atoms with Crippen molar-refractivity contribution < 1.29 is 33.7 Å². The van der Waals surface area contributed by atoms with E-state index in [1.807, 2.05) is 6.92 Å². The number of carbonyl (C=O) groups is 3. The second-order valence-corrected chi connectivity index (χ2v) is 10.2. The van der Waals surface area contributed by atoms with Crippen molar-refractivity contribution in [3.8, 4) is 11.5 Å². The summed E-state index contributed by atoms with van der Waals surface area (Å²) in [6.07, 6.45) is 2.26. The number of ether oxygens (including phenoxy) is 3. The first-order valence-electron chi connectivity index (χ1n) is 12.2. The van der Waals surface area contributed by atoms with Crippen LogP contribution in [0, 0.1) is 6.92 Å². The monoisotopic (exact) mass is 546 g/mol. The Bertz CT molecular complexity index is 1540. The normalized spacial score (nSPS) is 19.5. The summed E-state index contributed by atoms with van der Waals surface area (Å²) < 4.78 is 16.3. The zero-order valence-electron chi connectivity index (χ0n) is 21.6. The first-order valence-corrected chi connectivity index (χ1v) is 13.1. The van der Waals surface area contributed by atoms with Crippen molar-refractivity contribution in [3.63, 3.8) is 0 Å². The van der Waals surface area contributed by atoms with Gasteiger partial charge in [0.25, 0.3) is 5.78 Å². The Kier molecular flexibility index (Phi) is 6.96. The molecule has 0 bridgehead atoms. The van der Waals surface area contributed by atoms with E-state index in [1.165, 1.54) is 12.0 Å². The Morgan fingerprint density at radius 3 is 2.82 bits per heavy atom. The molecule has 1 N–H and O–H groups in total. The number of nitrogens with zero attached hydrogens (tertiary/aromatic N) is 2. The van der Waals surface area contributed by atoms with Crippen molar-refractivity contribution in [2.75, 3.05) is 18.6 Å². The minimum absolute atomic E-state index is 0.00145. The van der Waals surface area contributed by atoms with E-state index in [4.69, 9.17) is 14.2 Å². The molecular weight excluding hydrogens is 520 g/mol. The minimum atomic E-state index is -1.03. The Hall–Kier alpha value is -4.44. The van der Waals surface area contributed by atoms with Crippen LogP contribution < -0.4 is 14.4 Å². The number of aromatic nitrogens is 1.